The molecule has 0 aliphatic carbocycles. The number of benzene rings is 2. The lowest BCUT2D eigenvalue weighted by molar-refractivity contribution is -0.144. The number of amides is 5. The summed E-state index contributed by atoms with van der Waals surface area (Å²) in [6.45, 7) is 20.2. The van der Waals surface area contributed by atoms with Crippen molar-refractivity contribution in [2.24, 2.45) is 5.41 Å². The van der Waals surface area contributed by atoms with Crippen LogP contribution in [0.4, 0.5) is 11.5 Å². The number of piperazine rings is 1. The third-order valence-corrected chi connectivity index (χ3v) is 16.5. The highest BCUT2D eigenvalue weighted by molar-refractivity contribution is 7.13. The van der Waals surface area contributed by atoms with Crippen LogP contribution in [0.5, 0.6) is 0 Å². The van der Waals surface area contributed by atoms with Crippen LogP contribution >= 0.6 is 11.3 Å². The summed E-state index contributed by atoms with van der Waals surface area (Å²) in [7, 11) is 0. The fraction of sp³-hybridized carbons (Fsp3) is 0.508. The van der Waals surface area contributed by atoms with Crippen molar-refractivity contribution in [3.05, 3.63) is 116 Å². The third-order valence-electron chi connectivity index (χ3n) is 15.5. The molecule has 2 aromatic carbocycles. The van der Waals surface area contributed by atoms with Crippen molar-refractivity contribution in [1.29, 1.82) is 5.41 Å². The summed E-state index contributed by atoms with van der Waals surface area (Å²) < 4.78 is 0. The maximum absolute atomic E-state index is 14.1. The Hall–Kier alpha value is -7.29. The van der Waals surface area contributed by atoms with Crippen LogP contribution in [0.1, 0.15) is 143 Å². The van der Waals surface area contributed by atoms with E-state index in [0.717, 1.165) is 121 Å². The molecule has 2 aliphatic rings. The van der Waals surface area contributed by atoms with Gasteiger partial charge >= 0.3 is 0 Å². The number of unbranched alkanes of at least 4 members (excludes halogenated alkanes) is 6. The van der Waals surface area contributed by atoms with Crippen LogP contribution in [0.15, 0.2) is 71.1 Å². The van der Waals surface area contributed by atoms with E-state index in [1.165, 1.54) is 11.1 Å². The van der Waals surface area contributed by atoms with Crippen LogP contribution in [0.25, 0.3) is 21.6 Å². The van der Waals surface area contributed by atoms with Gasteiger partial charge in [-0.05, 0) is 105 Å². The van der Waals surface area contributed by atoms with Crippen LogP contribution in [0.3, 0.4) is 0 Å². The Kier molecular flexibility index (Phi) is 22.7. The van der Waals surface area contributed by atoms with E-state index in [1.807, 2.05) is 116 Å². The fourth-order valence-electron chi connectivity index (χ4n) is 10.8. The van der Waals surface area contributed by atoms with E-state index in [9.17, 15) is 33.9 Å². The van der Waals surface area contributed by atoms with Crippen molar-refractivity contribution in [3.8, 4) is 21.6 Å². The zero-order chi connectivity index (χ0) is 59.8. The average Bonchev–Trinajstić information content (AvgIpc) is 4.32. The average molecular weight is 1160 g/mol. The molecule has 5 aromatic rings. The number of nitrogens with one attached hydrogen (secondary N) is 7. The first-order valence-electron chi connectivity index (χ1n) is 29.4. The van der Waals surface area contributed by atoms with Crippen molar-refractivity contribution in [1.82, 2.24) is 46.0 Å². The quantitative estimate of drug-likeness (QED) is 0.0185. The summed E-state index contributed by atoms with van der Waals surface area (Å²) >= 11 is 1.58. The Labute approximate surface area is 492 Å². The number of hydrogen-bond acceptors (Lipinski definition) is 14. The number of pyridine rings is 2. The molecule has 20 heteroatoms. The summed E-state index contributed by atoms with van der Waals surface area (Å²) in [4.78, 5) is 98.9. The normalized spacial score (nSPS) is 15.9. The van der Waals surface area contributed by atoms with Gasteiger partial charge in [-0.25, -0.2) is 9.97 Å². The van der Waals surface area contributed by atoms with Crippen molar-refractivity contribution in [3.63, 3.8) is 0 Å². The summed E-state index contributed by atoms with van der Waals surface area (Å²) in [5.74, 6) is -0.400. The highest BCUT2D eigenvalue weighted by Crippen LogP contribution is 2.32. The van der Waals surface area contributed by atoms with E-state index in [-0.39, 0.29) is 73.6 Å². The molecule has 0 bridgehead atoms. The number of aliphatic hydroxyl groups is 1. The van der Waals surface area contributed by atoms with Gasteiger partial charge in [0.2, 0.25) is 23.6 Å². The van der Waals surface area contributed by atoms with E-state index in [2.05, 4.69) is 46.4 Å². The number of likely N-dealkylation sites (tertiary alicyclic amines) is 1. The summed E-state index contributed by atoms with van der Waals surface area (Å²) in [6.07, 6.45) is 9.36. The van der Waals surface area contributed by atoms with Gasteiger partial charge in [0.25, 0.3) is 11.5 Å². The number of nitrogens with zero attached hydrogens (tertiary/aromatic N) is 5. The second-order valence-corrected chi connectivity index (χ2v) is 24.4. The highest BCUT2D eigenvalue weighted by atomic mass is 32.1. The minimum absolute atomic E-state index is 0.0205. The molecular formula is C63H86N12O7S. The minimum Gasteiger partial charge on any atom is -0.391 e. The number of aliphatic hydroxyl groups excluding tert-OH is 1. The SMILES string of the molecule is Cc1cc(C)c(CNC(=O)c2cc(-c3ccc(N4CCN(CCNC(=O)CCCCCCCCCC(=O)N[C@H](C(=O)N5C[C@H](O)C[C@H]5C(=O)NCc5ccc(-c6scnc6C)cc5)C(C)(C)C)CC4)nc3)cc(NC(C)C)c2C=N)c(=O)[nH]1. The number of anilines is 2. The number of carbonyl (C=O) groups excluding carboxylic acids is 5. The van der Waals surface area contributed by atoms with E-state index in [4.69, 9.17) is 10.4 Å². The molecule has 0 radical (unpaired) electrons. The Balaban J connectivity index is 0.753. The molecule has 8 N–H and O–H groups in total. The molecule has 0 unspecified atom stereocenters. The van der Waals surface area contributed by atoms with Gasteiger partial charge in [-0.2, -0.15) is 0 Å². The van der Waals surface area contributed by atoms with Gasteiger partial charge in [0.15, 0.2) is 0 Å². The van der Waals surface area contributed by atoms with E-state index in [0.29, 0.717) is 41.8 Å². The summed E-state index contributed by atoms with van der Waals surface area (Å²) in [5, 5.41) is 34.1. The molecule has 7 rings (SSSR count). The van der Waals surface area contributed by atoms with Crippen molar-refractivity contribution >= 4 is 58.6 Å². The van der Waals surface area contributed by atoms with Gasteiger partial charge < -0.3 is 51.9 Å². The molecule has 0 spiro atoms. The molecular weight excluding hydrogens is 1070 g/mol. The third kappa shape index (κ3) is 17.9. The number of H-pyrrole nitrogens is 1. The van der Waals surface area contributed by atoms with Gasteiger partial charge in [-0.15, -0.1) is 11.3 Å². The summed E-state index contributed by atoms with van der Waals surface area (Å²) in [6, 6.07) is 15.8. The van der Waals surface area contributed by atoms with Crippen LogP contribution < -0.4 is 37.0 Å². The zero-order valence-corrected chi connectivity index (χ0v) is 50.5. The number of aromatic amines is 1. The second kappa shape index (κ2) is 29.8. The molecule has 3 aromatic heterocycles. The van der Waals surface area contributed by atoms with Gasteiger partial charge in [0, 0.05) is 125 Å². The molecule has 5 heterocycles. The predicted molar refractivity (Wildman–Crippen MR) is 329 cm³/mol. The molecule has 446 valence electrons. The highest BCUT2D eigenvalue weighted by Gasteiger charge is 2.44. The predicted octanol–water partition coefficient (Wildman–Crippen LogP) is 7.79. The number of hydrogen-bond donors (Lipinski definition) is 8. The first-order valence-corrected chi connectivity index (χ1v) is 30.2. The molecule has 5 amide bonds. The monoisotopic (exact) mass is 1150 g/mol. The summed E-state index contributed by atoms with van der Waals surface area (Å²) in [5.41, 5.74) is 8.93. The molecule has 19 nitrogen and oxygen atoms in total. The van der Waals surface area contributed by atoms with Crippen LogP contribution in [0.2, 0.25) is 0 Å². The number of carbonyl (C=O) groups is 5. The van der Waals surface area contributed by atoms with Crippen LogP contribution in [-0.2, 0) is 32.3 Å². The number of rotatable bonds is 27. The van der Waals surface area contributed by atoms with Gasteiger partial charge in [-0.3, -0.25) is 33.7 Å². The zero-order valence-electron chi connectivity index (χ0n) is 49.7. The Morgan fingerprint density at radius 1 is 0.819 bits per heavy atom. The lowest BCUT2D eigenvalue weighted by Gasteiger charge is -2.35. The Bertz CT molecular complexity index is 3090. The topological polar surface area (TPSA) is 258 Å². The fourth-order valence-corrected chi connectivity index (χ4v) is 11.6. The smallest absolute Gasteiger partial charge is 0.253 e. The van der Waals surface area contributed by atoms with Gasteiger partial charge in [-0.1, -0.05) is 77.1 Å². The number of thiazole rings is 1. The largest absolute Gasteiger partial charge is 0.391 e. The lowest BCUT2D eigenvalue weighted by atomic mass is 9.85. The molecule has 2 saturated heterocycles. The van der Waals surface area contributed by atoms with Crippen LogP contribution in [0, 0.1) is 31.6 Å². The van der Waals surface area contributed by atoms with Gasteiger partial charge in [0.1, 0.15) is 17.9 Å². The lowest BCUT2D eigenvalue weighted by Crippen LogP contribution is -2.57. The van der Waals surface area contributed by atoms with E-state index >= 15 is 0 Å². The van der Waals surface area contributed by atoms with Crippen molar-refractivity contribution in [2.75, 3.05) is 56.0 Å². The van der Waals surface area contributed by atoms with E-state index in [1.54, 1.807) is 17.4 Å². The second-order valence-electron chi connectivity index (χ2n) is 23.6. The number of β-amino-alcohol motifs (C(OH)–C–C–N with tert-alkyl or cyclic N) is 1. The van der Waals surface area contributed by atoms with Gasteiger partial charge in [0.05, 0.1) is 27.7 Å². The molecule has 2 fully saturated rings. The first-order chi connectivity index (χ1) is 39.7. The van der Waals surface area contributed by atoms with E-state index < -0.39 is 23.6 Å². The van der Waals surface area contributed by atoms with Crippen molar-refractivity contribution < 1.29 is 29.1 Å². The minimum atomic E-state index is -0.868. The number of aromatic nitrogens is 3. The van der Waals surface area contributed by atoms with Crippen LogP contribution in [-0.4, -0.2) is 136 Å². The maximum atomic E-state index is 14.1. The van der Waals surface area contributed by atoms with Crippen molar-refractivity contribution in [2.45, 2.75) is 157 Å². The number of aryl methyl sites for hydroxylation is 3. The molecule has 2 aliphatic heterocycles. The standard InChI is InChI=1S/C63H86N12O7S/c1-40(2)70-52-32-47(31-49(50(52)34-64)59(79)68-37-51-41(3)30-42(4)71-60(51)80)46-22-23-54(66-36-46)74-28-26-73(27-29-74)25-24-65-55(77)16-14-12-10-9-11-13-15-17-56(78)72-58(63(6,7)8)62(82)75-38-48(76)33-53(75)61(81)67-35-44-18-20-45(21-19-44)57-43(5)69-39-83-57/h18-23,30-32,34,36,39-40,48,53,58,64,70,76H,9-17,24-29,33,35,37-38H2,1-8H3,(H,65,77)(H,67,81)(H,68,79)(H,71,80)(H,72,78)/t48-,53+,58-/m1/s1. The molecule has 3 atom stereocenters. The Morgan fingerprint density at radius 2 is 1.49 bits per heavy atom. The maximum Gasteiger partial charge on any atom is 0.253 e. The molecule has 83 heavy (non-hydrogen) atoms. The Morgan fingerprint density at radius 3 is 2.11 bits per heavy atom. The first kappa shape index (κ1) is 63.3. The molecule has 0 saturated carbocycles.